The first-order chi connectivity index (χ1) is 14.1. The maximum atomic E-state index is 13.0. The third kappa shape index (κ3) is 5.02. The molecule has 2 aromatic heterocycles. The molecule has 1 amide bonds. The second-order valence-corrected chi connectivity index (χ2v) is 6.63. The van der Waals surface area contributed by atoms with E-state index in [-0.39, 0.29) is 11.4 Å². The van der Waals surface area contributed by atoms with Crippen molar-refractivity contribution in [2.45, 2.75) is 20.0 Å². The summed E-state index contributed by atoms with van der Waals surface area (Å²) in [4.78, 5) is 20.4. The van der Waals surface area contributed by atoms with Gasteiger partial charge in [0.2, 0.25) is 0 Å². The zero-order valence-electron chi connectivity index (χ0n) is 16.5. The molecule has 0 atom stereocenters. The van der Waals surface area contributed by atoms with Gasteiger partial charge in [0.1, 0.15) is 12.1 Å². The van der Waals surface area contributed by atoms with Crippen LogP contribution in [-0.2, 0) is 11.0 Å². The number of hydrogen-bond donors (Lipinski definition) is 1. The van der Waals surface area contributed by atoms with Crippen LogP contribution in [0, 0.1) is 13.8 Å². The molecular weight excluding hydrogens is 397 g/mol. The van der Waals surface area contributed by atoms with E-state index in [1.807, 2.05) is 13.0 Å². The van der Waals surface area contributed by atoms with Crippen molar-refractivity contribution in [3.05, 3.63) is 65.6 Å². The maximum Gasteiger partial charge on any atom is 0.416 e. The first kappa shape index (κ1) is 21.0. The molecule has 2 heterocycles. The third-order valence-electron chi connectivity index (χ3n) is 4.13. The fourth-order valence-electron chi connectivity index (χ4n) is 2.78. The van der Waals surface area contributed by atoms with Crippen LogP contribution < -0.4 is 10.4 Å². The molecule has 0 saturated heterocycles. The number of alkyl halides is 3. The molecule has 0 radical (unpaired) electrons. The molecule has 1 aromatic carbocycles. The van der Waals surface area contributed by atoms with Gasteiger partial charge in [0.25, 0.3) is 5.91 Å². The topological polar surface area (TPSA) is 75.9 Å². The van der Waals surface area contributed by atoms with Crippen molar-refractivity contribution < 1.29 is 18.0 Å². The van der Waals surface area contributed by atoms with Gasteiger partial charge in [0, 0.05) is 31.1 Å². The second kappa shape index (κ2) is 8.36. The molecule has 0 aliphatic carbocycles. The fraction of sp³-hybridized carbons (Fsp3) is 0.200. The van der Waals surface area contributed by atoms with Crippen molar-refractivity contribution in [1.82, 2.24) is 25.2 Å². The van der Waals surface area contributed by atoms with Gasteiger partial charge in [-0.05, 0) is 49.2 Å². The van der Waals surface area contributed by atoms with E-state index < -0.39 is 17.6 Å². The van der Waals surface area contributed by atoms with E-state index in [1.54, 1.807) is 32.3 Å². The van der Waals surface area contributed by atoms with E-state index in [2.05, 4.69) is 20.5 Å². The number of benzene rings is 1. The molecule has 156 valence electrons. The Bertz CT molecular complexity index is 1090. The van der Waals surface area contributed by atoms with Gasteiger partial charge in [-0.25, -0.2) is 14.6 Å². The number of amides is 1. The Hall–Kier alpha value is -3.69. The lowest BCUT2D eigenvalue weighted by atomic mass is 10.1. The molecular formula is C20H19F3N6O. The summed E-state index contributed by atoms with van der Waals surface area (Å²) >= 11 is 0. The van der Waals surface area contributed by atoms with Crippen molar-refractivity contribution >= 4 is 17.9 Å². The molecule has 0 fully saturated rings. The number of halogens is 3. The summed E-state index contributed by atoms with van der Waals surface area (Å²) in [5, 5.41) is 5.60. The van der Waals surface area contributed by atoms with E-state index in [0.29, 0.717) is 11.4 Å². The van der Waals surface area contributed by atoms with Gasteiger partial charge in [0.05, 0.1) is 5.56 Å². The van der Waals surface area contributed by atoms with Crippen LogP contribution in [0.5, 0.6) is 0 Å². The minimum atomic E-state index is -4.46. The number of rotatable bonds is 5. The lowest BCUT2D eigenvalue weighted by molar-refractivity contribution is -0.137. The summed E-state index contributed by atoms with van der Waals surface area (Å²) in [6.07, 6.45) is 1.05. The van der Waals surface area contributed by atoms with E-state index in [9.17, 15) is 18.0 Å². The molecule has 0 bridgehead atoms. The number of nitrogens with one attached hydrogen (secondary N) is 1. The summed E-state index contributed by atoms with van der Waals surface area (Å²) in [5.41, 5.74) is 3.44. The molecule has 0 spiro atoms. The minimum absolute atomic E-state index is 0.121. The maximum absolute atomic E-state index is 13.0. The lowest BCUT2D eigenvalue weighted by Gasteiger charge is -2.19. The summed E-state index contributed by atoms with van der Waals surface area (Å²) in [6.45, 7) is 3.44. The molecule has 7 nitrogen and oxygen atoms in total. The van der Waals surface area contributed by atoms with Gasteiger partial charge in [-0.15, -0.1) is 5.10 Å². The SMILES string of the molecule is Cc1cc(-c2ncn(/C=C\C(=O)NN(C)c3ncccc3C)n2)cc(C(F)(F)F)c1. The van der Waals surface area contributed by atoms with Crippen LogP contribution in [0.15, 0.2) is 48.9 Å². The Kier molecular flexibility index (Phi) is 5.86. The molecule has 0 unspecified atom stereocenters. The third-order valence-corrected chi connectivity index (χ3v) is 4.13. The zero-order chi connectivity index (χ0) is 21.9. The van der Waals surface area contributed by atoms with Crippen LogP contribution in [0.25, 0.3) is 17.6 Å². The summed E-state index contributed by atoms with van der Waals surface area (Å²) < 4.78 is 40.3. The quantitative estimate of drug-likeness (QED) is 0.508. The number of carbonyl (C=O) groups excluding carboxylic acids is 1. The van der Waals surface area contributed by atoms with Crippen LogP contribution >= 0.6 is 0 Å². The van der Waals surface area contributed by atoms with Gasteiger partial charge in [0.15, 0.2) is 5.82 Å². The molecule has 1 N–H and O–H groups in total. The van der Waals surface area contributed by atoms with Crippen molar-refractivity contribution in [3.63, 3.8) is 0 Å². The molecule has 0 aliphatic heterocycles. The second-order valence-electron chi connectivity index (χ2n) is 6.63. The summed E-state index contributed by atoms with van der Waals surface area (Å²) in [6, 6.07) is 7.28. The normalized spacial score (nSPS) is 11.7. The van der Waals surface area contributed by atoms with Crippen molar-refractivity contribution in [2.24, 2.45) is 0 Å². The van der Waals surface area contributed by atoms with E-state index in [1.165, 1.54) is 28.3 Å². The fourth-order valence-corrected chi connectivity index (χ4v) is 2.78. The van der Waals surface area contributed by atoms with Crippen molar-refractivity contribution in [1.29, 1.82) is 0 Å². The zero-order valence-corrected chi connectivity index (χ0v) is 16.5. The predicted octanol–water partition coefficient (Wildman–Crippen LogP) is 3.61. The van der Waals surface area contributed by atoms with Gasteiger partial charge in [-0.3, -0.25) is 15.2 Å². The van der Waals surface area contributed by atoms with E-state index in [0.717, 1.165) is 17.7 Å². The minimum Gasteiger partial charge on any atom is -0.271 e. The molecule has 3 rings (SSSR count). The average molecular weight is 416 g/mol. The standard InChI is InChI=1S/C20H19F3N6O/c1-13-9-15(11-16(10-13)20(21,22)23)18-25-12-29(27-18)8-6-17(30)26-28(3)19-14(2)5-4-7-24-19/h4-12H,1-3H3,(H,26,30)/b8-6-. The number of pyridine rings is 1. The lowest BCUT2D eigenvalue weighted by Crippen LogP contribution is -2.39. The highest BCUT2D eigenvalue weighted by molar-refractivity contribution is 5.91. The molecule has 3 aromatic rings. The highest BCUT2D eigenvalue weighted by Crippen LogP contribution is 2.32. The molecule has 30 heavy (non-hydrogen) atoms. The first-order valence-electron chi connectivity index (χ1n) is 8.88. The van der Waals surface area contributed by atoms with Crippen LogP contribution in [0.1, 0.15) is 16.7 Å². The van der Waals surface area contributed by atoms with Crippen LogP contribution in [0.3, 0.4) is 0 Å². The van der Waals surface area contributed by atoms with Crippen molar-refractivity contribution in [2.75, 3.05) is 12.1 Å². The van der Waals surface area contributed by atoms with Crippen LogP contribution in [-0.4, -0.2) is 32.7 Å². The molecule has 0 saturated carbocycles. The number of anilines is 1. The van der Waals surface area contributed by atoms with Crippen LogP contribution in [0.4, 0.5) is 19.0 Å². The van der Waals surface area contributed by atoms with Gasteiger partial charge >= 0.3 is 6.18 Å². The number of hydrogen-bond acceptors (Lipinski definition) is 5. The Labute approximate surface area is 170 Å². The van der Waals surface area contributed by atoms with E-state index >= 15 is 0 Å². The highest BCUT2D eigenvalue weighted by Gasteiger charge is 2.31. The van der Waals surface area contributed by atoms with Gasteiger partial charge < -0.3 is 0 Å². The predicted molar refractivity (Wildman–Crippen MR) is 106 cm³/mol. The van der Waals surface area contributed by atoms with Gasteiger partial charge in [-0.1, -0.05) is 6.07 Å². The highest BCUT2D eigenvalue weighted by atomic mass is 19.4. The average Bonchev–Trinajstić information content (AvgIpc) is 3.14. The number of carbonyl (C=O) groups is 1. The summed E-state index contributed by atoms with van der Waals surface area (Å²) in [5.74, 6) is 0.284. The number of hydrazine groups is 1. The van der Waals surface area contributed by atoms with Crippen molar-refractivity contribution in [3.8, 4) is 11.4 Å². The number of aryl methyl sites for hydroxylation is 2. The van der Waals surface area contributed by atoms with E-state index in [4.69, 9.17) is 0 Å². The monoisotopic (exact) mass is 416 g/mol. The smallest absolute Gasteiger partial charge is 0.271 e. The largest absolute Gasteiger partial charge is 0.416 e. The molecule has 0 aliphatic rings. The Morgan fingerprint density at radius 1 is 1.20 bits per heavy atom. The number of aromatic nitrogens is 4. The first-order valence-corrected chi connectivity index (χ1v) is 8.88. The van der Waals surface area contributed by atoms with Crippen LogP contribution in [0.2, 0.25) is 0 Å². The number of nitrogens with zero attached hydrogens (tertiary/aromatic N) is 5. The Balaban J connectivity index is 1.71. The van der Waals surface area contributed by atoms with Gasteiger partial charge in [-0.2, -0.15) is 13.2 Å². The summed E-state index contributed by atoms with van der Waals surface area (Å²) in [7, 11) is 1.66. The Morgan fingerprint density at radius 2 is 1.97 bits per heavy atom. The Morgan fingerprint density at radius 3 is 2.67 bits per heavy atom. The molecule has 10 heteroatoms.